The van der Waals surface area contributed by atoms with Crippen LogP contribution in [-0.4, -0.2) is 0 Å². The van der Waals surface area contributed by atoms with Crippen molar-refractivity contribution in [1.29, 1.82) is 0 Å². The number of fused-ring (bicyclic) bond motifs is 8. The van der Waals surface area contributed by atoms with Gasteiger partial charge in [-0.2, -0.15) is 0 Å². The molecule has 202 valence electrons. The third-order valence-electron chi connectivity index (χ3n) is 8.47. The maximum Gasteiger partial charge on any atom is 0.143 e. The molecule has 2 aromatic heterocycles. The summed E-state index contributed by atoms with van der Waals surface area (Å²) in [5, 5.41) is 6.84. The molecule has 0 aliphatic carbocycles. The van der Waals surface area contributed by atoms with E-state index < -0.39 is 0 Å². The van der Waals surface area contributed by atoms with E-state index in [1.165, 1.54) is 10.9 Å². The van der Waals surface area contributed by atoms with Gasteiger partial charge in [-0.1, -0.05) is 91.0 Å². The van der Waals surface area contributed by atoms with Crippen LogP contribution in [0.5, 0.6) is 0 Å². The Labute approximate surface area is 247 Å². The van der Waals surface area contributed by atoms with Gasteiger partial charge in [0.15, 0.2) is 0 Å². The Hall–Kier alpha value is -5.80. The highest BCUT2D eigenvalue weighted by Gasteiger charge is 2.17. The number of benzene rings is 7. The van der Waals surface area contributed by atoms with Gasteiger partial charge in [0.25, 0.3) is 0 Å². The van der Waals surface area contributed by atoms with E-state index >= 15 is 0 Å². The summed E-state index contributed by atoms with van der Waals surface area (Å²) in [6, 6.07) is 53.1. The molecule has 0 saturated heterocycles. The molecule has 0 aliphatic heterocycles. The highest BCUT2D eigenvalue weighted by molar-refractivity contribution is 6.17. The first-order chi connectivity index (χ1) is 21.3. The molecule has 0 unspecified atom stereocenters. The van der Waals surface area contributed by atoms with Crippen molar-refractivity contribution in [3.63, 3.8) is 0 Å². The molecule has 3 nitrogen and oxygen atoms in total. The standard InChI is InChI=1S/C40H25NO2/c1-2-9-27(10-3-1)41(29-21-24-39-36(25-29)33-12-5-6-15-37(33)42-39)28-19-17-26(18-20-28)30-13-8-14-34-31(30)22-23-35-32-11-4-7-16-38(32)43-40(34)35/h1-25H. The smallest absolute Gasteiger partial charge is 0.143 e. The Morgan fingerprint density at radius 1 is 0.349 bits per heavy atom. The van der Waals surface area contributed by atoms with Crippen LogP contribution in [0.3, 0.4) is 0 Å². The van der Waals surface area contributed by atoms with Gasteiger partial charge in [-0.25, -0.2) is 0 Å². The van der Waals surface area contributed by atoms with Gasteiger partial charge in [0.05, 0.1) is 0 Å². The van der Waals surface area contributed by atoms with E-state index in [2.05, 4.69) is 132 Å². The number of para-hydroxylation sites is 3. The summed E-state index contributed by atoms with van der Waals surface area (Å²) >= 11 is 0. The maximum absolute atomic E-state index is 6.34. The second kappa shape index (κ2) is 9.37. The van der Waals surface area contributed by atoms with Gasteiger partial charge >= 0.3 is 0 Å². The van der Waals surface area contributed by atoms with Crippen molar-refractivity contribution < 1.29 is 8.83 Å². The van der Waals surface area contributed by atoms with Gasteiger partial charge in [0.1, 0.15) is 22.3 Å². The van der Waals surface area contributed by atoms with Gasteiger partial charge in [-0.05, 0) is 77.2 Å². The highest BCUT2D eigenvalue weighted by Crippen LogP contribution is 2.41. The molecule has 7 aromatic carbocycles. The average Bonchev–Trinajstić information content (AvgIpc) is 3.64. The zero-order valence-electron chi connectivity index (χ0n) is 23.2. The quantitative estimate of drug-likeness (QED) is 0.218. The lowest BCUT2D eigenvalue weighted by Gasteiger charge is -2.25. The summed E-state index contributed by atoms with van der Waals surface area (Å²) in [5.74, 6) is 0. The fourth-order valence-corrected chi connectivity index (χ4v) is 6.46. The van der Waals surface area contributed by atoms with Crippen molar-refractivity contribution >= 4 is 71.7 Å². The lowest BCUT2D eigenvalue weighted by atomic mass is 9.96. The van der Waals surface area contributed by atoms with E-state index in [1.807, 2.05) is 24.3 Å². The van der Waals surface area contributed by atoms with Crippen LogP contribution in [0.15, 0.2) is 160 Å². The Kier molecular flexibility index (Phi) is 5.20. The minimum Gasteiger partial charge on any atom is -0.456 e. The van der Waals surface area contributed by atoms with Gasteiger partial charge in [-0.15, -0.1) is 0 Å². The topological polar surface area (TPSA) is 29.5 Å². The molecule has 0 N–H and O–H groups in total. The molecule has 0 amide bonds. The lowest BCUT2D eigenvalue weighted by Crippen LogP contribution is -2.09. The second-order valence-electron chi connectivity index (χ2n) is 10.9. The molecule has 0 bridgehead atoms. The number of rotatable bonds is 4. The SMILES string of the molecule is c1ccc(N(c2ccc(-c3cccc4c3ccc3c5ccccc5oc43)cc2)c2ccc3oc4ccccc4c3c2)cc1. The molecule has 0 radical (unpaired) electrons. The van der Waals surface area contributed by atoms with Crippen LogP contribution in [0.2, 0.25) is 0 Å². The van der Waals surface area contributed by atoms with Crippen LogP contribution in [0.25, 0.3) is 65.8 Å². The summed E-state index contributed by atoms with van der Waals surface area (Å²) in [6.07, 6.45) is 0. The fraction of sp³-hybridized carbons (Fsp3) is 0. The van der Waals surface area contributed by atoms with Gasteiger partial charge in [-0.3, -0.25) is 0 Å². The monoisotopic (exact) mass is 551 g/mol. The van der Waals surface area contributed by atoms with Crippen LogP contribution in [0.1, 0.15) is 0 Å². The molecule has 2 heterocycles. The van der Waals surface area contributed by atoms with Crippen molar-refractivity contribution in [2.75, 3.05) is 4.90 Å². The molecule has 3 heteroatoms. The first kappa shape index (κ1) is 23.9. The molecular formula is C40H25NO2. The molecule has 0 atom stereocenters. The zero-order valence-corrected chi connectivity index (χ0v) is 23.2. The number of hydrogen-bond donors (Lipinski definition) is 0. The normalized spacial score (nSPS) is 11.7. The van der Waals surface area contributed by atoms with E-state index in [9.17, 15) is 0 Å². The first-order valence-corrected chi connectivity index (χ1v) is 14.5. The van der Waals surface area contributed by atoms with E-state index in [4.69, 9.17) is 8.83 Å². The van der Waals surface area contributed by atoms with E-state index in [-0.39, 0.29) is 0 Å². The summed E-state index contributed by atoms with van der Waals surface area (Å²) in [6.45, 7) is 0. The van der Waals surface area contributed by atoms with Gasteiger partial charge in [0, 0.05) is 44.0 Å². The van der Waals surface area contributed by atoms with Crippen LogP contribution in [0, 0.1) is 0 Å². The molecule has 0 fully saturated rings. The van der Waals surface area contributed by atoms with Crippen LogP contribution < -0.4 is 4.90 Å². The summed E-state index contributed by atoms with van der Waals surface area (Å²) in [5.41, 5.74) is 9.26. The minimum absolute atomic E-state index is 0.892. The zero-order chi connectivity index (χ0) is 28.3. The van der Waals surface area contributed by atoms with Crippen molar-refractivity contribution in [3.8, 4) is 11.1 Å². The third kappa shape index (κ3) is 3.75. The first-order valence-electron chi connectivity index (χ1n) is 14.5. The molecule has 9 aromatic rings. The largest absolute Gasteiger partial charge is 0.456 e. The van der Waals surface area contributed by atoms with Crippen LogP contribution >= 0.6 is 0 Å². The third-order valence-corrected chi connectivity index (χ3v) is 8.47. The van der Waals surface area contributed by atoms with E-state index in [0.717, 1.165) is 71.9 Å². The number of furan rings is 2. The lowest BCUT2D eigenvalue weighted by molar-refractivity contribution is 0.669. The number of anilines is 3. The van der Waals surface area contributed by atoms with Gasteiger partial charge < -0.3 is 13.7 Å². The molecule has 0 spiro atoms. The number of hydrogen-bond acceptors (Lipinski definition) is 3. The minimum atomic E-state index is 0.892. The second-order valence-corrected chi connectivity index (χ2v) is 10.9. The summed E-state index contributed by atoms with van der Waals surface area (Å²) < 4.78 is 12.5. The molecule has 0 aliphatic rings. The summed E-state index contributed by atoms with van der Waals surface area (Å²) in [4.78, 5) is 2.30. The molecule has 9 rings (SSSR count). The highest BCUT2D eigenvalue weighted by atomic mass is 16.3. The molecule has 0 saturated carbocycles. The van der Waals surface area contributed by atoms with Crippen molar-refractivity contribution in [3.05, 3.63) is 152 Å². The molecular weight excluding hydrogens is 526 g/mol. The van der Waals surface area contributed by atoms with E-state index in [0.29, 0.717) is 0 Å². The summed E-state index contributed by atoms with van der Waals surface area (Å²) in [7, 11) is 0. The van der Waals surface area contributed by atoms with Crippen LogP contribution in [-0.2, 0) is 0 Å². The Morgan fingerprint density at radius 2 is 0.930 bits per heavy atom. The van der Waals surface area contributed by atoms with Crippen molar-refractivity contribution in [1.82, 2.24) is 0 Å². The Morgan fingerprint density at radius 3 is 1.74 bits per heavy atom. The van der Waals surface area contributed by atoms with Crippen molar-refractivity contribution in [2.45, 2.75) is 0 Å². The maximum atomic E-state index is 6.34. The average molecular weight is 552 g/mol. The van der Waals surface area contributed by atoms with E-state index in [1.54, 1.807) is 0 Å². The number of nitrogens with zero attached hydrogens (tertiary/aromatic N) is 1. The fourth-order valence-electron chi connectivity index (χ4n) is 6.46. The Bertz CT molecular complexity index is 2450. The predicted molar refractivity (Wildman–Crippen MR) is 179 cm³/mol. The van der Waals surface area contributed by atoms with Crippen molar-refractivity contribution in [2.24, 2.45) is 0 Å². The predicted octanol–water partition coefficient (Wildman–Crippen LogP) is 11.8. The van der Waals surface area contributed by atoms with Crippen LogP contribution in [0.4, 0.5) is 17.1 Å². The van der Waals surface area contributed by atoms with Gasteiger partial charge in [0.2, 0.25) is 0 Å². The Balaban J connectivity index is 1.17. The molecule has 43 heavy (non-hydrogen) atoms.